The van der Waals surface area contributed by atoms with Crippen LogP contribution < -0.4 is 0 Å². The minimum absolute atomic E-state index is 0.448. The van der Waals surface area contributed by atoms with Crippen molar-refractivity contribution in [3.8, 4) is 0 Å². The lowest BCUT2D eigenvalue weighted by Crippen LogP contribution is -2.29. The molecule has 0 fully saturated rings. The molecule has 0 saturated carbocycles. The minimum Gasteiger partial charge on any atom is -0.468 e. The molecule has 0 aromatic carbocycles. The van der Waals surface area contributed by atoms with Gasteiger partial charge in [0.15, 0.2) is 5.38 Å². The van der Waals surface area contributed by atoms with E-state index in [0.717, 1.165) is 0 Å². The summed E-state index contributed by atoms with van der Waals surface area (Å²) in [6, 6.07) is 0. The summed E-state index contributed by atoms with van der Waals surface area (Å²) in [6.45, 7) is 1.74. The van der Waals surface area contributed by atoms with E-state index in [1.807, 2.05) is 0 Å². The van der Waals surface area contributed by atoms with Crippen LogP contribution in [0, 0.1) is 0 Å². The van der Waals surface area contributed by atoms with Gasteiger partial charge in [0.2, 0.25) is 0 Å². The minimum atomic E-state index is -0.935. The van der Waals surface area contributed by atoms with Crippen molar-refractivity contribution < 1.29 is 14.6 Å². The number of methoxy groups -OCH3 is 1. The van der Waals surface area contributed by atoms with Crippen LogP contribution >= 0.6 is 11.6 Å². The van der Waals surface area contributed by atoms with Crippen LogP contribution in [0.15, 0.2) is 0 Å². The molecular formula is C6H11ClO3. The van der Waals surface area contributed by atoms with Gasteiger partial charge in [0.25, 0.3) is 0 Å². The maximum absolute atomic E-state index is 10.6. The fourth-order valence-corrected chi connectivity index (χ4v) is 0.744. The molecule has 60 valence electrons. The Hall–Kier alpha value is -0.280. The molecule has 1 N–H and O–H groups in total. The first-order valence-electron chi connectivity index (χ1n) is 3.03. The van der Waals surface area contributed by atoms with Crippen LogP contribution in [0.4, 0.5) is 0 Å². The summed E-state index contributed by atoms with van der Waals surface area (Å²) in [4.78, 5) is 10.6. The predicted octanol–water partition coefficient (Wildman–Crippen LogP) is 0.538. The summed E-state index contributed by atoms with van der Waals surface area (Å²) in [7, 11) is 1.24. The van der Waals surface area contributed by atoms with Crippen LogP contribution in [-0.4, -0.2) is 29.7 Å². The van der Waals surface area contributed by atoms with E-state index in [0.29, 0.717) is 6.42 Å². The second kappa shape index (κ2) is 4.52. The number of esters is 1. The summed E-state index contributed by atoms with van der Waals surface area (Å²) in [5, 5.41) is 8.06. The molecule has 0 rings (SSSR count). The van der Waals surface area contributed by atoms with Gasteiger partial charge in [-0.05, 0) is 6.42 Å². The third-order valence-corrected chi connectivity index (χ3v) is 1.65. The molecule has 0 aliphatic rings. The fraction of sp³-hybridized carbons (Fsp3) is 0.833. The Morgan fingerprint density at radius 3 is 2.60 bits per heavy atom. The first-order valence-corrected chi connectivity index (χ1v) is 3.47. The van der Waals surface area contributed by atoms with Crippen LogP contribution in [0.25, 0.3) is 0 Å². The number of halogens is 1. The van der Waals surface area contributed by atoms with Gasteiger partial charge in [-0.3, -0.25) is 4.79 Å². The fourth-order valence-electron chi connectivity index (χ4n) is 0.477. The zero-order chi connectivity index (χ0) is 8.15. The normalized spacial score (nSPS) is 16.0. The number of carbonyl (C=O) groups excluding carboxylic acids is 1. The monoisotopic (exact) mass is 166 g/mol. The van der Waals surface area contributed by atoms with Gasteiger partial charge >= 0.3 is 5.97 Å². The molecule has 0 amide bonds. The molecular weight excluding hydrogens is 156 g/mol. The Balaban J connectivity index is 3.81. The molecule has 0 heterocycles. The van der Waals surface area contributed by atoms with Crippen molar-refractivity contribution in [2.75, 3.05) is 7.11 Å². The molecule has 10 heavy (non-hydrogen) atoms. The average Bonchev–Trinajstić information content (AvgIpc) is 2.00. The molecule has 0 aromatic rings. The largest absolute Gasteiger partial charge is 0.468 e. The first kappa shape index (κ1) is 9.72. The highest BCUT2D eigenvalue weighted by molar-refractivity contribution is 6.30. The van der Waals surface area contributed by atoms with E-state index in [4.69, 9.17) is 16.7 Å². The van der Waals surface area contributed by atoms with Crippen LogP contribution in [0.2, 0.25) is 0 Å². The molecule has 0 spiro atoms. The van der Waals surface area contributed by atoms with Crippen LogP contribution in [-0.2, 0) is 9.53 Å². The van der Waals surface area contributed by atoms with Crippen molar-refractivity contribution in [3.05, 3.63) is 0 Å². The summed E-state index contributed by atoms with van der Waals surface area (Å²) in [6.07, 6.45) is -0.363. The van der Waals surface area contributed by atoms with E-state index in [1.165, 1.54) is 7.11 Å². The smallest absolute Gasteiger partial charge is 0.326 e. The molecule has 0 aliphatic heterocycles. The van der Waals surface area contributed by atoms with E-state index in [9.17, 15) is 4.79 Å². The number of carbonyl (C=O) groups is 1. The lowest BCUT2D eigenvalue weighted by atomic mass is 10.2. The van der Waals surface area contributed by atoms with E-state index >= 15 is 0 Å². The van der Waals surface area contributed by atoms with Crippen LogP contribution in [0.3, 0.4) is 0 Å². The number of hydrogen-bond acceptors (Lipinski definition) is 3. The van der Waals surface area contributed by atoms with Crippen molar-refractivity contribution >= 4 is 17.6 Å². The van der Waals surface area contributed by atoms with Crippen molar-refractivity contribution in [1.82, 2.24) is 0 Å². The Labute approximate surface area is 64.9 Å². The Kier molecular flexibility index (Phi) is 4.40. The second-order valence-electron chi connectivity index (χ2n) is 1.90. The molecule has 0 radical (unpaired) electrons. The molecule has 0 aromatic heterocycles. The summed E-state index contributed by atoms with van der Waals surface area (Å²) in [5.41, 5.74) is 0. The number of ether oxygens (including phenoxy) is 1. The number of aliphatic hydroxyl groups is 1. The van der Waals surface area contributed by atoms with Gasteiger partial charge in [-0.25, -0.2) is 0 Å². The van der Waals surface area contributed by atoms with Gasteiger partial charge in [-0.15, -0.1) is 11.6 Å². The standard InChI is InChI=1S/C6H11ClO3/c1-3-4(8)5(7)6(9)10-2/h4-5,8H,3H2,1-2H3. The molecule has 3 nitrogen and oxygen atoms in total. The maximum atomic E-state index is 10.6. The summed E-state index contributed by atoms with van der Waals surface area (Å²) >= 11 is 5.46. The number of aliphatic hydroxyl groups excluding tert-OH is 1. The van der Waals surface area contributed by atoms with Gasteiger partial charge in [-0.1, -0.05) is 6.92 Å². The van der Waals surface area contributed by atoms with Gasteiger partial charge < -0.3 is 9.84 Å². The zero-order valence-corrected chi connectivity index (χ0v) is 6.76. The van der Waals surface area contributed by atoms with E-state index < -0.39 is 17.5 Å². The topological polar surface area (TPSA) is 46.5 Å². The van der Waals surface area contributed by atoms with Gasteiger partial charge in [0, 0.05) is 0 Å². The molecule has 2 unspecified atom stereocenters. The van der Waals surface area contributed by atoms with Crippen LogP contribution in [0.5, 0.6) is 0 Å². The predicted molar refractivity (Wildman–Crippen MR) is 38.0 cm³/mol. The quantitative estimate of drug-likeness (QED) is 0.492. The van der Waals surface area contributed by atoms with Crippen molar-refractivity contribution in [2.45, 2.75) is 24.8 Å². The van der Waals surface area contributed by atoms with Crippen molar-refractivity contribution in [1.29, 1.82) is 0 Å². The highest BCUT2D eigenvalue weighted by Gasteiger charge is 2.23. The van der Waals surface area contributed by atoms with Gasteiger partial charge in [-0.2, -0.15) is 0 Å². The maximum Gasteiger partial charge on any atom is 0.326 e. The lowest BCUT2D eigenvalue weighted by molar-refractivity contribution is -0.142. The Morgan fingerprint density at radius 2 is 2.30 bits per heavy atom. The van der Waals surface area contributed by atoms with Gasteiger partial charge in [0.1, 0.15) is 0 Å². The highest BCUT2D eigenvalue weighted by Crippen LogP contribution is 2.07. The molecule has 0 aliphatic carbocycles. The molecule has 0 saturated heterocycles. The van der Waals surface area contributed by atoms with Gasteiger partial charge in [0.05, 0.1) is 13.2 Å². The molecule has 2 atom stereocenters. The third kappa shape index (κ3) is 2.54. The molecule has 0 bridgehead atoms. The van der Waals surface area contributed by atoms with E-state index in [-0.39, 0.29) is 0 Å². The lowest BCUT2D eigenvalue weighted by Gasteiger charge is -2.11. The Morgan fingerprint density at radius 1 is 1.80 bits per heavy atom. The van der Waals surface area contributed by atoms with Crippen molar-refractivity contribution in [3.63, 3.8) is 0 Å². The number of hydrogen-bond donors (Lipinski definition) is 1. The Bertz CT molecular complexity index is 116. The number of rotatable bonds is 3. The summed E-state index contributed by atoms with van der Waals surface area (Å²) in [5.74, 6) is -0.587. The highest BCUT2D eigenvalue weighted by atomic mass is 35.5. The van der Waals surface area contributed by atoms with E-state index in [1.54, 1.807) is 6.92 Å². The average molecular weight is 167 g/mol. The summed E-state index contributed by atoms with van der Waals surface area (Å²) < 4.78 is 4.30. The zero-order valence-electron chi connectivity index (χ0n) is 6.00. The van der Waals surface area contributed by atoms with E-state index in [2.05, 4.69) is 4.74 Å². The SMILES string of the molecule is CCC(O)C(Cl)C(=O)OC. The molecule has 4 heteroatoms. The van der Waals surface area contributed by atoms with Crippen molar-refractivity contribution in [2.24, 2.45) is 0 Å². The van der Waals surface area contributed by atoms with Crippen LogP contribution in [0.1, 0.15) is 13.3 Å². The number of alkyl halides is 1. The third-order valence-electron chi connectivity index (χ3n) is 1.18. The first-order chi connectivity index (χ1) is 4.63. The second-order valence-corrected chi connectivity index (χ2v) is 2.37.